The van der Waals surface area contributed by atoms with Crippen molar-refractivity contribution in [2.45, 2.75) is 39.0 Å². The molecule has 0 spiro atoms. The maximum absolute atomic E-state index is 4.49. The van der Waals surface area contributed by atoms with E-state index in [4.69, 9.17) is 0 Å². The van der Waals surface area contributed by atoms with Crippen LogP contribution in [0.2, 0.25) is 0 Å². The molecule has 0 N–H and O–H groups in total. The van der Waals surface area contributed by atoms with Crippen LogP contribution in [0.15, 0.2) is 18.3 Å². The SMILES string of the molecule is CC(C)c1ccnc2c1C=CCC2C. The van der Waals surface area contributed by atoms with E-state index in [1.54, 1.807) is 0 Å². The molecule has 0 bridgehead atoms. The van der Waals surface area contributed by atoms with Crippen LogP contribution in [-0.4, -0.2) is 4.98 Å². The Bertz CT molecular complexity index is 363. The van der Waals surface area contributed by atoms with Crippen LogP contribution in [0, 0.1) is 0 Å². The lowest BCUT2D eigenvalue weighted by Crippen LogP contribution is -2.06. The lowest BCUT2D eigenvalue weighted by atomic mass is 9.87. The molecular weight excluding hydrogens is 170 g/mol. The minimum absolute atomic E-state index is 0.577. The summed E-state index contributed by atoms with van der Waals surface area (Å²) in [4.78, 5) is 4.49. The average Bonchev–Trinajstić information content (AvgIpc) is 2.17. The van der Waals surface area contributed by atoms with Gasteiger partial charge in [-0.15, -0.1) is 0 Å². The van der Waals surface area contributed by atoms with E-state index in [0.29, 0.717) is 11.8 Å². The van der Waals surface area contributed by atoms with Crippen molar-refractivity contribution in [2.24, 2.45) is 0 Å². The number of fused-ring (bicyclic) bond motifs is 1. The topological polar surface area (TPSA) is 12.9 Å². The summed E-state index contributed by atoms with van der Waals surface area (Å²) < 4.78 is 0. The van der Waals surface area contributed by atoms with Crippen molar-refractivity contribution in [2.75, 3.05) is 0 Å². The third-order valence-corrected chi connectivity index (χ3v) is 2.92. The van der Waals surface area contributed by atoms with Gasteiger partial charge in [0.15, 0.2) is 0 Å². The third kappa shape index (κ3) is 1.47. The zero-order valence-electron chi connectivity index (χ0n) is 9.12. The van der Waals surface area contributed by atoms with Gasteiger partial charge in [0.1, 0.15) is 0 Å². The van der Waals surface area contributed by atoms with Crippen LogP contribution in [0.25, 0.3) is 6.08 Å². The molecule has 1 aromatic heterocycles. The van der Waals surface area contributed by atoms with Crippen LogP contribution in [-0.2, 0) is 0 Å². The lowest BCUT2D eigenvalue weighted by Gasteiger charge is -2.20. The lowest BCUT2D eigenvalue weighted by molar-refractivity contribution is 0.729. The molecule has 0 aromatic carbocycles. The Kier molecular flexibility index (Phi) is 2.40. The molecule has 74 valence electrons. The standard InChI is InChI=1S/C13H17N/c1-9(2)11-7-8-14-13-10(3)5-4-6-12(11)13/h4,6-10H,5H2,1-3H3. The van der Waals surface area contributed by atoms with Crippen molar-refractivity contribution in [3.63, 3.8) is 0 Å². The summed E-state index contributed by atoms with van der Waals surface area (Å²) in [6, 6.07) is 2.14. The van der Waals surface area contributed by atoms with Crippen molar-refractivity contribution in [3.8, 4) is 0 Å². The van der Waals surface area contributed by atoms with Gasteiger partial charge < -0.3 is 0 Å². The largest absolute Gasteiger partial charge is 0.260 e. The molecule has 1 aliphatic rings. The quantitative estimate of drug-likeness (QED) is 0.653. The number of aromatic nitrogens is 1. The number of nitrogens with zero attached hydrogens (tertiary/aromatic N) is 1. The second-order valence-corrected chi connectivity index (χ2v) is 4.39. The summed E-state index contributed by atoms with van der Waals surface area (Å²) in [6.45, 7) is 6.73. The van der Waals surface area contributed by atoms with Crippen LogP contribution in [0.1, 0.15) is 55.8 Å². The zero-order valence-corrected chi connectivity index (χ0v) is 9.12. The van der Waals surface area contributed by atoms with E-state index in [9.17, 15) is 0 Å². The Morgan fingerprint density at radius 1 is 1.43 bits per heavy atom. The van der Waals surface area contributed by atoms with Gasteiger partial charge in [-0.05, 0) is 29.5 Å². The molecule has 0 radical (unpaired) electrons. The monoisotopic (exact) mass is 187 g/mol. The molecule has 1 unspecified atom stereocenters. The van der Waals surface area contributed by atoms with Gasteiger partial charge in [-0.2, -0.15) is 0 Å². The molecule has 1 heteroatoms. The normalized spacial score (nSPS) is 19.9. The van der Waals surface area contributed by atoms with Gasteiger partial charge in [0.25, 0.3) is 0 Å². The van der Waals surface area contributed by atoms with E-state index in [1.165, 1.54) is 16.8 Å². The van der Waals surface area contributed by atoms with Crippen molar-refractivity contribution >= 4 is 6.08 Å². The number of hydrogen-bond acceptors (Lipinski definition) is 1. The first-order valence-corrected chi connectivity index (χ1v) is 5.35. The second-order valence-electron chi connectivity index (χ2n) is 4.39. The number of hydrogen-bond donors (Lipinski definition) is 0. The summed E-state index contributed by atoms with van der Waals surface area (Å²) in [5.74, 6) is 1.16. The Balaban J connectivity index is 2.57. The first-order chi connectivity index (χ1) is 6.70. The molecule has 1 aliphatic carbocycles. The highest BCUT2D eigenvalue weighted by Crippen LogP contribution is 2.32. The Morgan fingerprint density at radius 2 is 2.21 bits per heavy atom. The molecule has 1 nitrogen and oxygen atoms in total. The number of pyridine rings is 1. The molecule has 1 atom stereocenters. The average molecular weight is 187 g/mol. The van der Waals surface area contributed by atoms with Gasteiger partial charge in [0, 0.05) is 12.1 Å². The molecule has 1 heterocycles. The molecular formula is C13H17N. The maximum Gasteiger partial charge on any atom is 0.0509 e. The van der Waals surface area contributed by atoms with Crippen LogP contribution in [0.5, 0.6) is 0 Å². The predicted octanol–water partition coefficient (Wildman–Crippen LogP) is 3.73. The van der Waals surface area contributed by atoms with Crippen molar-refractivity contribution in [3.05, 3.63) is 35.2 Å². The zero-order chi connectivity index (χ0) is 10.1. The van der Waals surface area contributed by atoms with Crippen molar-refractivity contribution in [1.82, 2.24) is 4.98 Å². The summed E-state index contributed by atoms with van der Waals surface area (Å²) in [5, 5.41) is 0. The van der Waals surface area contributed by atoms with E-state index in [0.717, 1.165) is 6.42 Å². The summed E-state index contributed by atoms with van der Waals surface area (Å²) in [6.07, 6.45) is 7.57. The van der Waals surface area contributed by atoms with E-state index in [1.807, 2.05) is 6.20 Å². The fraction of sp³-hybridized carbons (Fsp3) is 0.462. The summed E-state index contributed by atoms with van der Waals surface area (Å²) in [5.41, 5.74) is 4.07. The second kappa shape index (κ2) is 3.56. The number of allylic oxidation sites excluding steroid dienone is 1. The van der Waals surface area contributed by atoms with E-state index in [2.05, 4.69) is 44.0 Å². The molecule has 14 heavy (non-hydrogen) atoms. The third-order valence-electron chi connectivity index (χ3n) is 2.92. The van der Waals surface area contributed by atoms with Crippen molar-refractivity contribution < 1.29 is 0 Å². The summed E-state index contributed by atoms with van der Waals surface area (Å²) in [7, 11) is 0. The molecule has 0 saturated heterocycles. The van der Waals surface area contributed by atoms with Gasteiger partial charge in [0.05, 0.1) is 5.69 Å². The van der Waals surface area contributed by atoms with Gasteiger partial charge in [0.2, 0.25) is 0 Å². The fourth-order valence-electron chi connectivity index (χ4n) is 2.08. The van der Waals surface area contributed by atoms with E-state index < -0.39 is 0 Å². The van der Waals surface area contributed by atoms with Crippen LogP contribution in [0.4, 0.5) is 0 Å². The molecule has 0 aliphatic heterocycles. The summed E-state index contributed by atoms with van der Waals surface area (Å²) >= 11 is 0. The highest BCUT2D eigenvalue weighted by Gasteiger charge is 2.17. The molecule has 0 fully saturated rings. The molecule has 2 rings (SSSR count). The van der Waals surface area contributed by atoms with Crippen LogP contribution in [0.3, 0.4) is 0 Å². The van der Waals surface area contributed by atoms with E-state index >= 15 is 0 Å². The Hall–Kier alpha value is -1.11. The minimum atomic E-state index is 0.577. The van der Waals surface area contributed by atoms with E-state index in [-0.39, 0.29) is 0 Å². The first-order valence-electron chi connectivity index (χ1n) is 5.35. The Morgan fingerprint density at radius 3 is 2.93 bits per heavy atom. The van der Waals surface area contributed by atoms with Crippen molar-refractivity contribution in [1.29, 1.82) is 0 Å². The molecule has 0 amide bonds. The van der Waals surface area contributed by atoms with Gasteiger partial charge in [-0.3, -0.25) is 4.98 Å². The smallest absolute Gasteiger partial charge is 0.0509 e. The molecule has 0 saturated carbocycles. The maximum atomic E-state index is 4.49. The fourth-order valence-corrected chi connectivity index (χ4v) is 2.08. The molecule has 1 aromatic rings. The highest BCUT2D eigenvalue weighted by atomic mass is 14.7. The number of rotatable bonds is 1. The van der Waals surface area contributed by atoms with Gasteiger partial charge in [-0.25, -0.2) is 0 Å². The predicted molar refractivity (Wildman–Crippen MR) is 60.4 cm³/mol. The van der Waals surface area contributed by atoms with Crippen LogP contribution >= 0.6 is 0 Å². The van der Waals surface area contributed by atoms with Gasteiger partial charge in [-0.1, -0.05) is 32.9 Å². The highest BCUT2D eigenvalue weighted by molar-refractivity contribution is 5.60. The first kappa shape index (κ1) is 9.45. The minimum Gasteiger partial charge on any atom is -0.260 e. The van der Waals surface area contributed by atoms with Gasteiger partial charge >= 0.3 is 0 Å². The Labute approximate surface area is 85.9 Å². The van der Waals surface area contributed by atoms with Crippen LogP contribution < -0.4 is 0 Å².